The van der Waals surface area contributed by atoms with Gasteiger partial charge >= 0.3 is 0 Å². The molecule has 2 fully saturated rings. The zero-order valence-corrected chi connectivity index (χ0v) is 14.0. The van der Waals surface area contributed by atoms with Crippen LogP contribution in [0.5, 0.6) is 0 Å². The molecule has 4 atom stereocenters. The molecular weight excluding hydrogens is 312 g/mol. The van der Waals surface area contributed by atoms with Crippen LogP contribution in [0.15, 0.2) is 53.1 Å². The molecule has 0 bridgehead atoms. The molecule has 0 spiro atoms. The number of hydrogen-bond donors (Lipinski definition) is 3. The van der Waals surface area contributed by atoms with Gasteiger partial charge in [0, 0.05) is 16.6 Å². The normalized spacial score (nSPS) is 35.1. The van der Waals surface area contributed by atoms with Crippen molar-refractivity contribution in [2.45, 2.75) is 30.3 Å². The molecule has 2 aliphatic carbocycles. The van der Waals surface area contributed by atoms with Crippen molar-refractivity contribution in [2.75, 3.05) is 13.1 Å². The van der Waals surface area contributed by atoms with Gasteiger partial charge in [0.05, 0.1) is 6.04 Å². The number of piperidine rings is 1. The largest absolute Gasteiger partial charge is 0.366 e. The summed E-state index contributed by atoms with van der Waals surface area (Å²) in [6.45, 7) is 2.26. The summed E-state index contributed by atoms with van der Waals surface area (Å²) in [4.78, 5) is 16.3. The highest BCUT2D eigenvalue weighted by Crippen LogP contribution is 2.57. The topological polar surface area (TPSA) is 79.5 Å². The van der Waals surface area contributed by atoms with Crippen LogP contribution in [-0.4, -0.2) is 36.9 Å². The maximum atomic E-state index is 11.6. The van der Waals surface area contributed by atoms with Gasteiger partial charge in [0.15, 0.2) is 0 Å². The first-order valence-corrected chi connectivity index (χ1v) is 9.01. The average molecular weight is 334 g/mol. The lowest BCUT2D eigenvalue weighted by atomic mass is 9.87. The number of nitrogens with one attached hydrogen (secondary N) is 2. The zero-order valence-electron chi connectivity index (χ0n) is 14.0. The SMILES string of the molecule is NC(=O)C1=CC=CC2NC(c3ccc([C@@]45CCNC[C@@H]4C5)cc3)=NC12. The molecule has 5 nitrogen and oxygen atoms in total. The maximum absolute atomic E-state index is 11.6. The Bertz CT molecular complexity index is 823. The number of hydrogen-bond acceptors (Lipinski definition) is 4. The number of fused-ring (bicyclic) bond motifs is 2. The number of carbonyl (C=O) groups is 1. The van der Waals surface area contributed by atoms with Gasteiger partial charge in [-0.15, -0.1) is 0 Å². The van der Waals surface area contributed by atoms with Crippen LogP contribution < -0.4 is 16.4 Å². The first-order chi connectivity index (χ1) is 12.2. The van der Waals surface area contributed by atoms with E-state index in [4.69, 9.17) is 10.7 Å². The molecule has 4 aliphatic rings. The monoisotopic (exact) mass is 334 g/mol. The van der Waals surface area contributed by atoms with E-state index >= 15 is 0 Å². The minimum absolute atomic E-state index is 0.0120. The minimum Gasteiger partial charge on any atom is -0.366 e. The fourth-order valence-electron chi connectivity index (χ4n) is 4.67. The van der Waals surface area contributed by atoms with Crippen molar-refractivity contribution in [3.05, 3.63) is 59.2 Å². The second-order valence-corrected chi connectivity index (χ2v) is 7.55. The van der Waals surface area contributed by atoms with E-state index in [1.165, 1.54) is 18.4 Å². The van der Waals surface area contributed by atoms with E-state index in [1.807, 2.05) is 12.2 Å². The maximum Gasteiger partial charge on any atom is 0.246 e. The predicted molar refractivity (Wildman–Crippen MR) is 97.4 cm³/mol. The molecule has 1 amide bonds. The van der Waals surface area contributed by atoms with E-state index in [0.717, 1.165) is 30.4 Å². The Balaban J connectivity index is 1.40. The summed E-state index contributed by atoms with van der Waals surface area (Å²) in [5.41, 5.74) is 8.99. The highest BCUT2D eigenvalue weighted by molar-refractivity contribution is 6.03. The summed E-state index contributed by atoms with van der Waals surface area (Å²) >= 11 is 0. The standard InChI is InChI=1S/C20H22N4O/c21-18(25)15-2-1-3-16-17(15)24-19(23-16)12-4-6-13(7-5-12)20-8-9-22-11-14(20)10-20/h1-7,14,16-17,22H,8-11H2,(H2,21,25)(H,23,24)/t14-,16?,17?,20-/m0/s1. The Hall–Kier alpha value is -2.40. The van der Waals surface area contributed by atoms with Crippen LogP contribution in [0.4, 0.5) is 0 Å². The molecule has 25 heavy (non-hydrogen) atoms. The van der Waals surface area contributed by atoms with Crippen molar-refractivity contribution < 1.29 is 4.79 Å². The summed E-state index contributed by atoms with van der Waals surface area (Å²) < 4.78 is 0. The van der Waals surface area contributed by atoms with E-state index in [2.05, 4.69) is 34.9 Å². The molecule has 2 heterocycles. The highest BCUT2D eigenvalue weighted by atomic mass is 16.1. The Morgan fingerprint density at radius 3 is 2.88 bits per heavy atom. The van der Waals surface area contributed by atoms with E-state index in [0.29, 0.717) is 11.0 Å². The highest BCUT2D eigenvalue weighted by Gasteiger charge is 2.55. The molecule has 5 heteroatoms. The molecule has 5 rings (SSSR count). The third-order valence-electron chi connectivity index (χ3n) is 6.21. The quantitative estimate of drug-likeness (QED) is 0.772. The lowest BCUT2D eigenvalue weighted by Gasteiger charge is -2.23. The van der Waals surface area contributed by atoms with E-state index < -0.39 is 5.91 Å². The van der Waals surface area contributed by atoms with Crippen molar-refractivity contribution in [3.63, 3.8) is 0 Å². The second-order valence-electron chi connectivity index (χ2n) is 7.55. The minimum atomic E-state index is -0.397. The summed E-state index contributed by atoms with van der Waals surface area (Å²) in [5, 5.41) is 6.91. The van der Waals surface area contributed by atoms with Crippen LogP contribution >= 0.6 is 0 Å². The van der Waals surface area contributed by atoms with Gasteiger partial charge in [-0.25, -0.2) is 0 Å². The van der Waals surface area contributed by atoms with Crippen LogP contribution in [0.25, 0.3) is 0 Å². The third-order valence-corrected chi connectivity index (χ3v) is 6.21. The number of aliphatic imine (C=N–C) groups is 1. The van der Waals surface area contributed by atoms with Crippen LogP contribution in [0.2, 0.25) is 0 Å². The summed E-state index contributed by atoms with van der Waals surface area (Å²) in [6, 6.07) is 8.62. The van der Waals surface area contributed by atoms with Crippen molar-refractivity contribution >= 4 is 11.7 Å². The number of benzene rings is 1. The van der Waals surface area contributed by atoms with E-state index in [1.54, 1.807) is 6.08 Å². The molecule has 1 saturated heterocycles. The molecule has 4 N–H and O–H groups in total. The number of carbonyl (C=O) groups excluding carboxylic acids is 1. The van der Waals surface area contributed by atoms with Gasteiger partial charge in [-0.2, -0.15) is 0 Å². The van der Waals surface area contributed by atoms with Gasteiger partial charge in [0.25, 0.3) is 0 Å². The van der Waals surface area contributed by atoms with Crippen LogP contribution in [-0.2, 0) is 10.2 Å². The van der Waals surface area contributed by atoms with Gasteiger partial charge in [-0.3, -0.25) is 9.79 Å². The van der Waals surface area contributed by atoms with Crippen LogP contribution in [0.1, 0.15) is 24.0 Å². The van der Waals surface area contributed by atoms with Gasteiger partial charge in [0.1, 0.15) is 11.9 Å². The molecule has 1 aromatic rings. The van der Waals surface area contributed by atoms with Crippen molar-refractivity contribution in [2.24, 2.45) is 16.6 Å². The lowest BCUT2D eigenvalue weighted by molar-refractivity contribution is -0.114. The van der Waals surface area contributed by atoms with Crippen molar-refractivity contribution in [3.8, 4) is 0 Å². The zero-order chi connectivity index (χ0) is 17.0. The van der Waals surface area contributed by atoms with Crippen molar-refractivity contribution in [1.82, 2.24) is 10.6 Å². The van der Waals surface area contributed by atoms with Gasteiger partial charge < -0.3 is 16.4 Å². The molecule has 1 saturated carbocycles. The van der Waals surface area contributed by atoms with E-state index in [-0.39, 0.29) is 12.1 Å². The number of amidine groups is 1. The van der Waals surface area contributed by atoms with Crippen molar-refractivity contribution in [1.29, 1.82) is 0 Å². The number of amides is 1. The smallest absolute Gasteiger partial charge is 0.246 e. The Kier molecular flexibility index (Phi) is 3.16. The number of nitrogens with zero attached hydrogens (tertiary/aromatic N) is 1. The van der Waals surface area contributed by atoms with Gasteiger partial charge in [-0.05, 0) is 37.4 Å². The van der Waals surface area contributed by atoms with Gasteiger partial charge in [0.2, 0.25) is 5.91 Å². The number of rotatable bonds is 3. The Morgan fingerprint density at radius 1 is 1.28 bits per heavy atom. The first-order valence-electron chi connectivity index (χ1n) is 9.01. The summed E-state index contributed by atoms with van der Waals surface area (Å²) in [7, 11) is 0. The molecule has 1 aromatic carbocycles. The molecule has 2 unspecified atom stereocenters. The fourth-order valence-corrected chi connectivity index (χ4v) is 4.67. The van der Waals surface area contributed by atoms with E-state index in [9.17, 15) is 4.79 Å². The number of allylic oxidation sites excluding steroid dienone is 2. The Morgan fingerprint density at radius 2 is 2.12 bits per heavy atom. The molecule has 2 aliphatic heterocycles. The number of nitrogens with two attached hydrogens (primary N) is 1. The summed E-state index contributed by atoms with van der Waals surface area (Å²) in [5.74, 6) is 1.24. The fraction of sp³-hybridized carbons (Fsp3) is 0.400. The molecule has 0 aromatic heterocycles. The van der Waals surface area contributed by atoms with Gasteiger partial charge in [-0.1, -0.05) is 42.5 Å². The third kappa shape index (κ3) is 2.26. The second kappa shape index (κ2) is 5.30. The summed E-state index contributed by atoms with van der Waals surface area (Å²) in [6.07, 6.45) is 8.21. The predicted octanol–water partition coefficient (Wildman–Crippen LogP) is 1.01. The average Bonchev–Trinajstić information content (AvgIpc) is 3.23. The first kappa shape index (κ1) is 14.9. The molecule has 128 valence electrons. The lowest BCUT2D eigenvalue weighted by Crippen LogP contribution is -2.38. The van der Waals surface area contributed by atoms with Crippen LogP contribution in [0, 0.1) is 5.92 Å². The molecular formula is C20H22N4O. The van der Waals surface area contributed by atoms with Crippen LogP contribution in [0.3, 0.4) is 0 Å². The molecule has 0 radical (unpaired) electrons. The Labute approximate surface area is 147 Å². The number of primary amides is 1.